The summed E-state index contributed by atoms with van der Waals surface area (Å²) < 4.78 is 14.8. The zero-order chi connectivity index (χ0) is 11.7. The number of aliphatic hydroxyl groups is 1. The molecule has 0 saturated heterocycles. The fourth-order valence-corrected chi connectivity index (χ4v) is 1.62. The van der Waals surface area contributed by atoms with Gasteiger partial charge in [-0.3, -0.25) is 0 Å². The maximum absolute atomic E-state index is 13.2. The molecule has 0 bridgehead atoms. The summed E-state index contributed by atoms with van der Waals surface area (Å²) in [5.74, 6) is -0.340. The van der Waals surface area contributed by atoms with E-state index in [9.17, 15) is 9.50 Å². The number of halogens is 1. The standard InChI is InChI=1S/C12H13FN2O/c1-8-5-6-15(14-8)12-7-10(13)3-4-11(12)9(2)16/h3-7,9,16H,1-2H3/t9-/m0/s1. The summed E-state index contributed by atoms with van der Waals surface area (Å²) in [6.45, 7) is 3.50. The van der Waals surface area contributed by atoms with E-state index in [4.69, 9.17) is 0 Å². The predicted octanol–water partition coefficient (Wildman–Crippen LogP) is 2.37. The van der Waals surface area contributed by atoms with Crippen molar-refractivity contribution in [3.63, 3.8) is 0 Å². The van der Waals surface area contributed by atoms with Crippen LogP contribution in [0, 0.1) is 12.7 Å². The van der Waals surface area contributed by atoms with Gasteiger partial charge in [-0.1, -0.05) is 6.07 Å². The molecule has 2 aromatic rings. The summed E-state index contributed by atoms with van der Waals surface area (Å²) in [7, 11) is 0. The Labute approximate surface area is 93.2 Å². The van der Waals surface area contributed by atoms with Crippen LogP contribution < -0.4 is 0 Å². The molecule has 84 valence electrons. The molecule has 0 saturated carbocycles. The zero-order valence-electron chi connectivity index (χ0n) is 9.18. The Morgan fingerprint density at radius 3 is 2.69 bits per heavy atom. The van der Waals surface area contributed by atoms with E-state index in [1.807, 2.05) is 13.0 Å². The average Bonchev–Trinajstić information content (AvgIpc) is 2.64. The number of benzene rings is 1. The summed E-state index contributed by atoms with van der Waals surface area (Å²) in [5, 5.41) is 13.8. The van der Waals surface area contributed by atoms with Crippen LogP contribution in [-0.2, 0) is 0 Å². The highest BCUT2D eigenvalue weighted by Crippen LogP contribution is 2.22. The Bertz CT molecular complexity index is 505. The molecule has 1 aromatic heterocycles. The molecule has 0 unspecified atom stereocenters. The number of nitrogens with zero attached hydrogens (tertiary/aromatic N) is 2. The third-order valence-corrected chi connectivity index (χ3v) is 2.41. The second-order valence-electron chi connectivity index (χ2n) is 3.78. The molecule has 0 spiro atoms. The normalized spacial score (nSPS) is 12.8. The summed E-state index contributed by atoms with van der Waals surface area (Å²) in [6.07, 6.45) is 1.09. The minimum atomic E-state index is -0.653. The molecule has 4 heteroatoms. The number of hydrogen-bond acceptors (Lipinski definition) is 2. The highest BCUT2D eigenvalue weighted by Gasteiger charge is 2.11. The van der Waals surface area contributed by atoms with Gasteiger partial charge in [0.2, 0.25) is 0 Å². The van der Waals surface area contributed by atoms with Crippen molar-refractivity contribution in [2.24, 2.45) is 0 Å². The Hall–Kier alpha value is -1.68. The SMILES string of the molecule is Cc1ccn(-c2cc(F)ccc2[C@H](C)O)n1. The van der Waals surface area contributed by atoms with Crippen LogP contribution in [0.4, 0.5) is 4.39 Å². The van der Waals surface area contributed by atoms with E-state index in [-0.39, 0.29) is 5.82 Å². The lowest BCUT2D eigenvalue weighted by Gasteiger charge is -2.11. The van der Waals surface area contributed by atoms with Crippen molar-refractivity contribution in [1.29, 1.82) is 0 Å². The van der Waals surface area contributed by atoms with Gasteiger partial charge in [0.15, 0.2) is 0 Å². The molecule has 0 aliphatic rings. The zero-order valence-corrected chi connectivity index (χ0v) is 9.18. The second-order valence-corrected chi connectivity index (χ2v) is 3.78. The molecule has 0 fully saturated rings. The van der Waals surface area contributed by atoms with E-state index in [1.165, 1.54) is 12.1 Å². The molecule has 0 aliphatic heterocycles. The van der Waals surface area contributed by atoms with Gasteiger partial charge in [0, 0.05) is 11.8 Å². The van der Waals surface area contributed by atoms with Crippen LogP contribution in [0.15, 0.2) is 30.5 Å². The van der Waals surface area contributed by atoms with E-state index in [1.54, 1.807) is 23.9 Å². The molecule has 0 amide bonds. The van der Waals surface area contributed by atoms with Crippen LogP contribution >= 0.6 is 0 Å². The Kier molecular flexibility index (Phi) is 2.75. The molecular formula is C12H13FN2O. The van der Waals surface area contributed by atoms with E-state index >= 15 is 0 Å². The van der Waals surface area contributed by atoms with Crippen LogP contribution in [0.25, 0.3) is 5.69 Å². The van der Waals surface area contributed by atoms with E-state index < -0.39 is 6.10 Å². The Morgan fingerprint density at radius 1 is 1.38 bits per heavy atom. The van der Waals surface area contributed by atoms with Gasteiger partial charge < -0.3 is 5.11 Å². The highest BCUT2D eigenvalue weighted by atomic mass is 19.1. The lowest BCUT2D eigenvalue weighted by Crippen LogP contribution is -2.04. The third kappa shape index (κ3) is 1.97. The van der Waals surface area contributed by atoms with Gasteiger partial charge in [-0.15, -0.1) is 0 Å². The number of hydrogen-bond donors (Lipinski definition) is 1. The van der Waals surface area contributed by atoms with Crippen molar-refractivity contribution in [1.82, 2.24) is 9.78 Å². The van der Waals surface area contributed by atoms with Crippen LogP contribution in [0.5, 0.6) is 0 Å². The first-order valence-electron chi connectivity index (χ1n) is 5.08. The minimum Gasteiger partial charge on any atom is -0.389 e. The molecule has 16 heavy (non-hydrogen) atoms. The van der Waals surface area contributed by atoms with Crippen molar-refractivity contribution in [2.45, 2.75) is 20.0 Å². The van der Waals surface area contributed by atoms with Gasteiger partial charge in [0.05, 0.1) is 17.5 Å². The Morgan fingerprint density at radius 2 is 2.12 bits per heavy atom. The summed E-state index contributed by atoms with van der Waals surface area (Å²) >= 11 is 0. The number of aliphatic hydroxyl groups excluding tert-OH is 1. The van der Waals surface area contributed by atoms with E-state index in [2.05, 4.69) is 5.10 Å². The van der Waals surface area contributed by atoms with Crippen LogP contribution in [0.1, 0.15) is 24.3 Å². The predicted molar refractivity (Wildman–Crippen MR) is 58.9 cm³/mol. The van der Waals surface area contributed by atoms with Crippen LogP contribution in [0.2, 0.25) is 0 Å². The molecule has 3 nitrogen and oxygen atoms in total. The van der Waals surface area contributed by atoms with Crippen molar-refractivity contribution in [2.75, 3.05) is 0 Å². The highest BCUT2D eigenvalue weighted by molar-refractivity contribution is 5.42. The maximum atomic E-state index is 13.2. The first-order chi connectivity index (χ1) is 7.58. The van der Waals surface area contributed by atoms with Crippen LogP contribution in [0.3, 0.4) is 0 Å². The third-order valence-electron chi connectivity index (χ3n) is 2.41. The van der Waals surface area contributed by atoms with E-state index in [0.717, 1.165) is 5.69 Å². The Balaban J connectivity index is 2.57. The van der Waals surface area contributed by atoms with Gasteiger partial charge in [-0.05, 0) is 32.0 Å². The smallest absolute Gasteiger partial charge is 0.125 e. The van der Waals surface area contributed by atoms with E-state index in [0.29, 0.717) is 11.3 Å². The average molecular weight is 220 g/mol. The first kappa shape index (κ1) is 10.8. The molecule has 1 heterocycles. The largest absolute Gasteiger partial charge is 0.389 e. The van der Waals surface area contributed by atoms with Gasteiger partial charge in [0.1, 0.15) is 5.82 Å². The topological polar surface area (TPSA) is 38.0 Å². The van der Waals surface area contributed by atoms with Gasteiger partial charge in [0.25, 0.3) is 0 Å². The van der Waals surface area contributed by atoms with Gasteiger partial charge in [-0.2, -0.15) is 5.10 Å². The number of rotatable bonds is 2. The van der Waals surface area contributed by atoms with Gasteiger partial charge in [-0.25, -0.2) is 9.07 Å². The molecule has 0 radical (unpaired) electrons. The summed E-state index contributed by atoms with van der Waals surface area (Å²) in [6, 6.07) is 6.11. The lowest BCUT2D eigenvalue weighted by molar-refractivity contribution is 0.199. The van der Waals surface area contributed by atoms with Crippen molar-refractivity contribution in [3.05, 3.63) is 47.5 Å². The molecule has 1 atom stereocenters. The summed E-state index contributed by atoms with van der Waals surface area (Å²) in [5.41, 5.74) is 2.08. The number of aryl methyl sites for hydroxylation is 1. The molecule has 2 rings (SSSR count). The van der Waals surface area contributed by atoms with Crippen molar-refractivity contribution >= 4 is 0 Å². The maximum Gasteiger partial charge on any atom is 0.125 e. The fraction of sp³-hybridized carbons (Fsp3) is 0.250. The van der Waals surface area contributed by atoms with Crippen molar-refractivity contribution in [3.8, 4) is 5.69 Å². The number of aromatic nitrogens is 2. The molecule has 1 N–H and O–H groups in total. The fourth-order valence-electron chi connectivity index (χ4n) is 1.62. The molecule has 0 aliphatic carbocycles. The lowest BCUT2D eigenvalue weighted by atomic mass is 10.1. The first-order valence-corrected chi connectivity index (χ1v) is 5.08. The second kappa shape index (κ2) is 4.06. The van der Waals surface area contributed by atoms with Crippen molar-refractivity contribution < 1.29 is 9.50 Å². The molecular weight excluding hydrogens is 207 g/mol. The quantitative estimate of drug-likeness (QED) is 0.843. The monoisotopic (exact) mass is 220 g/mol. The summed E-state index contributed by atoms with van der Waals surface area (Å²) in [4.78, 5) is 0. The molecule has 1 aromatic carbocycles. The van der Waals surface area contributed by atoms with Gasteiger partial charge >= 0.3 is 0 Å². The van der Waals surface area contributed by atoms with Crippen LogP contribution in [-0.4, -0.2) is 14.9 Å². The minimum absolute atomic E-state index is 0.340.